The predicted octanol–water partition coefficient (Wildman–Crippen LogP) is 2.52. The van der Waals surface area contributed by atoms with E-state index < -0.39 is 53.7 Å². The first-order chi connectivity index (χ1) is 20.3. The largest absolute Gasteiger partial charge is 0.393 e. The number of fused-ring (bicyclic) bond motifs is 7. The summed E-state index contributed by atoms with van der Waals surface area (Å²) in [6.45, 7) is 15.2. The summed E-state index contributed by atoms with van der Waals surface area (Å²) in [5.41, 5.74) is -1.27. The summed E-state index contributed by atoms with van der Waals surface area (Å²) >= 11 is 0. The molecule has 1 aliphatic heterocycles. The molecule has 5 fully saturated rings. The smallest absolute Gasteiger partial charge is 0.186 e. The van der Waals surface area contributed by atoms with Crippen molar-refractivity contribution in [3.63, 3.8) is 0 Å². The van der Waals surface area contributed by atoms with Crippen LogP contribution in [0.3, 0.4) is 0 Å². The lowest BCUT2D eigenvalue weighted by Gasteiger charge is -2.72. The van der Waals surface area contributed by atoms with E-state index in [0.29, 0.717) is 24.7 Å². The van der Waals surface area contributed by atoms with Gasteiger partial charge >= 0.3 is 0 Å². The molecule has 0 aromatic carbocycles. The van der Waals surface area contributed by atoms with Crippen LogP contribution in [-0.4, -0.2) is 98.0 Å². The molecule has 6 aliphatic rings. The lowest BCUT2D eigenvalue weighted by Crippen LogP contribution is -2.72. The molecular weight excluding hydrogens is 564 g/mol. The summed E-state index contributed by atoms with van der Waals surface area (Å²) in [5, 5.41) is 77.5. The van der Waals surface area contributed by atoms with Crippen LogP contribution < -0.4 is 0 Å². The molecule has 0 amide bonds. The summed E-state index contributed by atoms with van der Waals surface area (Å²) in [4.78, 5) is 0. The average molecular weight is 623 g/mol. The summed E-state index contributed by atoms with van der Waals surface area (Å²) in [5.74, 6) is 0.475. The molecule has 44 heavy (non-hydrogen) atoms. The highest BCUT2D eigenvalue weighted by molar-refractivity contribution is 5.36. The van der Waals surface area contributed by atoms with Gasteiger partial charge in [0.05, 0.1) is 43.0 Å². The highest BCUT2D eigenvalue weighted by atomic mass is 16.7. The Labute approximate surface area is 262 Å². The summed E-state index contributed by atoms with van der Waals surface area (Å²) in [6.07, 6.45) is -1.15. The SMILES string of the molecule is CC1(C)CC2C3=CCC4C5(C)CCC(O)C(C)(C)C5CCC4(C)C3(C)CC(O)C2(COC2OCC(O)C(O)C2O)C(O)C1O. The van der Waals surface area contributed by atoms with Crippen LogP contribution in [0.25, 0.3) is 0 Å². The van der Waals surface area contributed by atoms with Gasteiger partial charge in [-0.05, 0) is 89.8 Å². The molecule has 252 valence electrons. The second kappa shape index (κ2) is 10.4. The van der Waals surface area contributed by atoms with Gasteiger partial charge in [-0.3, -0.25) is 0 Å². The van der Waals surface area contributed by atoms with E-state index in [1.165, 1.54) is 5.57 Å². The van der Waals surface area contributed by atoms with Gasteiger partial charge < -0.3 is 45.2 Å². The maximum atomic E-state index is 12.3. The number of allylic oxidation sites excluding steroid dienone is 2. The summed E-state index contributed by atoms with van der Waals surface area (Å²) < 4.78 is 11.6. The molecule has 9 nitrogen and oxygen atoms in total. The molecule has 0 aromatic heterocycles. The molecule has 6 rings (SSSR count). The van der Waals surface area contributed by atoms with Gasteiger partial charge in [0, 0.05) is 0 Å². The van der Waals surface area contributed by atoms with Crippen molar-refractivity contribution in [3.05, 3.63) is 11.6 Å². The van der Waals surface area contributed by atoms with Gasteiger partial charge in [-0.1, -0.05) is 60.1 Å². The van der Waals surface area contributed by atoms with Gasteiger partial charge in [0.25, 0.3) is 0 Å². The lowest BCUT2D eigenvalue weighted by atomic mass is 9.33. The molecule has 0 aromatic rings. The van der Waals surface area contributed by atoms with Crippen molar-refractivity contribution in [2.45, 2.75) is 142 Å². The van der Waals surface area contributed by atoms with Gasteiger partial charge in [0.2, 0.25) is 0 Å². The third kappa shape index (κ3) is 4.22. The number of rotatable bonds is 3. The van der Waals surface area contributed by atoms with Crippen molar-refractivity contribution in [1.29, 1.82) is 0 Å². The van der Waals surface area contributed by atoms with E-state index in [2.05, 4.69) is 40.7 Å². The maximum Gasteiger partial charge on any atom is 0.186 e. The Bertz CT molecular complexity index is 1160. The molecular formula is C35H58O9. The normalized spacial score (nSPS) is 56.4. The standard InChI is InChI=1S/C35H58O9/c1-30(2)14-19-18-8-9-22-32(5)12-11-23(37)31(3,4)21(32)10-13-33(22,6)34(18,7)15-24(38)35(19,28(42)27(30)41)17-44-29-26(40)25(39)20(36)16-43-29/h8,19-29,36-42H,9-17H2,1-7H3. The van der Waals surface area contributed by atoms with E-state index in [1.807, 2.05) is 13.8 Å². The fourth-order valence-electron chi connectivity index (χ4n) is 12.0. The predicted molar refractivity (Wildman–Crippen MR) is 163 cm³/mol. The Kier molecular flexibility index (Phi) is 7.90. The van der Waals surface area contributed by atoms with Gasteiger partial charge in [0.1, 0.15) is 18.3 Å². The van der Waals surface area contributed by atoms with E-state index in [9.17, 15) is 35.7 Å². The summed E-state index contributed by atoms with van der Waals surface area (Å²) in [7, 11) is 0. The molecule has 4 saturated carbocycles. The van der Waals surface area contributed by atoms with Crippen molar-refractivity contribution in [3.8, 4) is 0 Å². The Morgan fingerprint density at radius 2 is 1.48 bits per heavy atom. The van der Waals surface area contributed by atoms with Gasteiger partial charge in [-0.2, -0.15) is 0 Å². The van der Waals surface area contributed by atoms with Crippen LogP contribution >= 0.6 is 0 Å². The van der Waals surface area contributed by atoms with Crippen LogP contribution in [0.1, 0.15) is 93.4 Å². The van der Waals surface area contributed by atoms with Gasteiger partial charge in [-0.15, -0.1) is 0 Å². The average Bonchev–Trinajstić information content (AvgIpc) is 2.94. The zero-order chi connectivity index (χ0) is 32.4. The fraction of sp³-hybridized carbons (Fsp3) is 0.943. The molecule has 7 N–H and O–H groups in total. The van der Waals surface area contributed by atoms with Crippen molar-refractivity contribution >= 4 is 0 Å². The van der Waals surface area contributed by atoms with E-state index in [4.69, 9.17) is 9.47 Å². The third-order valence-electron chi connectivity index (χ3n) is 15.1. The molecule has 15 unspecified atom stereocenters. The van der Waals surface area contributed by atoms with Gasteiger partial charge in [-0.25, -0.2) is 0 Å². The number of aliphatic hydroxyl groups is 7. The molecule has 0 radical (unpaired) electrons. The second-order valence-corrected chi connectivity index (χ2v) is 17.7. The molecule has 9 heteroatoms. The Morgan fingerprint density at radius 1 is 0.795 bits per heavy atom. The van der Waals surface area contributed by atoms with Crippen molar-refractivity contribution in [1.82, 2.24) is 0 Å². The zero-order valence-corrected chi connectivity index (χ0v) is 27.7. The highest BCUT2D eigenvalue weighted by Crippen LogP contribution is 2.75. The minimum atomic E-state index is -1.50. The van der Waals surface area contributed by atoms with Crippen LogP contribution in [0, 0.1) is 50.2 Å². The van der Waals surface area contributed by atoms with E-state index in [0.717, 1.165) is 32.1 Å². The van der Waals surface area contributed by atoms with Crippen molar-refractivity contribution < 1.29 is 45.2 Å². The third-order valence-corrected chi connectivity index (χ3v) is 15.1. The Balaban J connectivity index is 1.40. The van der Waals surface area contributed by atoms with Crippen LogP contribution in [0.4, 0.5) is 0 Å². The van der Waals surface area contributed by atoms with Crippen molar-refractivity contribution in [2.24, 2.45) is 50.2 Å². The number of aliphatic hydroxyl groups excluding tert-OH is 7. The van der Waals surface area contributed by atoms with Crippen LogP contribution in [-0.2, 0) is 9.47 Å². The first kappa shape index (κ1) is 33.3. The van der Waals surface area contributed by atoms with Crippen LogP contribution in [0.5, 0.6) is 0 Å². The quantitative estimate of drug-likeness (QED) is 0.235. The fourth-order valence-corrected chi connectivity index (χ4v) is 12.0. The zero-order valence-electron chi connectivity index (χ0n) is 27.7. The minimum absolute atomic E-state index is 0.0464. The first-order valence-electron chi connectivity index (χ1n) is 17.0. The van der Waals surface area contributed by atoms with Crippen molar-refractivity contribution in [2.75, 3.05) is 13.2 Å². The molecule has 15 atom stereocenters. The second-order valence-electron chi connectivity index (χ2n) is 17.7. The molecule has 0 bridgehead atoms. The number of hydrogen-bond donors (Lipinski definition) is 7. The lowest BCUT2D eigenvalue weighted by molar-refractivity contribution is -0.306. The monoisotopic (exact) mass is 622 g/mol. The van der Waals surface area contributed by atoms with E-state index >= 15 is 0 Å². The molecule has 1 saturated heterocycles. The van der Waals surface area contributed by atoms with Crippen LogP contribution in [0.15, 0.2) is 11.6 Å². The van der Waals surface area contributed by atoms with E-state index in [-0.39, 0.29) is 46.9 Å². The minimum Gasteiger partial charge on any atom is -0.393 e. The molecule has 5 aliphatic carbocycles. The number of hydrogen-bond acceptors (Lipinski definition) is 9. The maximum absolute atomic E-state index is 12.3. The van der Waals surface area contributed by atoms with Gasteiger partial charge in [0.15, 0.2) is 6.29 Å². The Morgan fingerprint density at radius 3 is 2.16 bits per heavy atom. The molecule has 0 spiro atoms. The Hall–Kier alpha value is -0.620. The number of ether oxygens (including phenoxy) is 2. The topological polar surface area (TPSA) is 160 Å². The highest BCUT2D eigenvalue weighted by Gasteiger charge is 2.72. The van der Waals surface area contributed by atoms with Crippen LogP contribution in [0.2, 0.25) is 0 Å². The molecule has 1 heterocycles. The summed E-state index contributed by atoms with van der Waals surface area (Å²) in [6, 6.07) is 0. The van der Waals surface area contributed by atoms with E-state index in [1.54, 1.807) is 0 Å². The first-order valence-corrected chi connectivity index (χ1v) is 17.0.